The van der Waals surface area contributed by atoms with Gasteiger partial charge in [0.15, 0.2) is 5.65 Å². The third kappa shape index (κ3) is 5.79. The predicted octanol–water partition coefficient (Wildman–Crippen LogP) is 2.68. The van der Waals surface area contributed by atoms with Crippen molar-refractivity contribution in [2.45, 2.75) is 39.4 Å². The molecule has 3 aromatic rings. The maximum atomic E-state index is 12.1. The average molecular weight is 482 g/mol. The van der Waals surface area contributed by atoms with Gasteiger partial charge in [0.25, 0.3) is 0 Å². The maximum Gasteiger partial charge on any atom is 0.410 e. The monoisotopic (exact) mass is 481 g/mol. The Bertz CT molecular complexity index is 1210. The third-order valence-electron chi connectivity index (χ3n) is 5.46. The zero-order valence-electron chi connectivity index (χ0n) is 20.7. The molecule has 0 spiro atoms. The van der Waals surface area contributed by atoms with Gasteiger partial charge in [-0.3, -0.25) is 4.79 Å². The lowest BCUT2D eigenvalue weighted by Gasteiger charge is -2.38. The fourth-order valence-electron chi connectivity index (χ4n) is 3.56. The van der Waals surface area contributed by atoms with E-state index >= 15 is 0 Å². The van der Waals surface area contributed by atoms with Crippen LogP contribution in [0.3, 0.4) is 0 Å². The molecule has 1 fully saturated rings. The van der Waals surface area contributed by atoms with E-state index in [1.54, 1.807) is 35.8 Å². The number of nitrogens with zero attached hydrogens (tertiary/aromatic N) is 6. The van der Waals surface area contributed by atoms with Crippen molar-refractivity contribution in [2.24, 2.45) is 0 Å². The van der Waals surface area contributed by atoms with Crippen molar-refractivity contribution in [1.82, 2.24) is 29.4 Å². The lowest BCUT2D eigenvalue weighted by molar-refractivity contribution is -0.137. The Kier molecular flexibility index (Phi) is 6.77. The number of carbonyl (C=O) groups excluding carboxylic acids is 2. The SMILES string of the molecule is CC(=O)N1CC(Oc2ncccc2-c2cnn3ccc(NCCN(C)C(=O)OC(C)(C)C)nc23)C1. The Balaban J connectivity index is 1.45. The highest BCUT2D eigenvalue weighted by Gasteiger charge is 2.31. The van der Waals surface area contributed by atoms with Gasteiger partial charge < -0.3 is 24.6 Å². The van der Waals surface area contributed by atoms with Crippen molar-refractivity contribution in [1.29, 1.82) is 0 Å². The first-order valence-corrected chi connectivity index (χ1v) is 11.5. The van der Waals surface area contributed by atoms with Gasteiger partial charge in [0.2, 0.25) is 11.8 Å². The number of rotatable bonds is 7. The van der Waals surface area contributed by atoms with Gasteiger partial charge in [-0.2, -0.15) is 5.10 Å². The van der Waals surface area contributed by atoms with Gasteiger partial charge in [0.05, 0.1) is 24.8 Å². The normalized spacial score (nSPS) is 13.9. The lowest BCUT2D eigenvalue weighted by atomic mass is 10.1. The number of ether oxygens (including phenoxy) is 2. The van der Waals surface area contributed by atoms with E-state index in [0.29, 0.717) is 43.5 Å². The number of carbonyl (C=O) groups is 2. The number of anilines is 1. The summed E-state index contributed by atoms with van der Waals surface area (Å²) in [6.45, 7) is 9.11. The minimum Gasteiger partial charge on any atom is -0.470 e. The maximum absolute atomic E-state index is 12.1. The number of aromatic nitrogens is 4. The van der Waals surface area contributed by atoms with Gasteiger partial charge in [0.1, 0.15) is 17.5 Å². The van der Waals surface area contributed by atoms with Crippen molar-refractivity contribution in [3.05, 3.63) is 36.8 Å². The molecule has 11 nitrogen and oxygen atoms in total. The van der Waals surface area contributed by atoms with Crippen LogP contribution >= 0.6 is 0 Å². The molecular formula is C24H31N7O4. The summed E-state index contributed by atoms with van der Waals surface area (Å²) in [4.78, 5) is 36.0. The first-order chi connectivity index (χ1) is 16.6. The Morgan fingerprint density at radius 1 is 1.23 bits per heavy atom. The number of hydrogen-bond donors (Lipinski definition) is 1. The molecular weight excluding hydrogens is 450 g/mol. The molecule has 0 bridgehead atoms. The summed E-state index contributed by atoms with van der Waals surface area (Å²) in [5.41, 5.74) is 1.67. The molecule has 4 heterocycles. The summed E-state index contributed by atoms with van der Waals surface area (Å²) in [5.74, 6) is 1.17. The number of hydrogen-bond acceptors (Lipinski definition) is 8. The molecule has 4 rings (SSSR count). The van der Waals surface area contributed by atoms with Crippen molar-refractivity contribution in [3.63, 3.8) is 0 Å². The van der Waals surface area contributed by atoms with E-state index in [-0.39, 0.29) is 18.1 Å². The van der Waals surface area contributed by atoms with Gasteiger partial charge in [-0.15, -0.1) is 0 Å². The van der Waals surface area contributed by atoms with Crippen LogP contribution in [0.2, 0.25) is 0 Å². The van der Waals surface area contributed by atoms with Gasteiger partial charge in [-0.25, -0.2) is 19.3 Å². The average Bonchev–Trinajstić information content (AvgIpc) is 3.17. The molecule has 1 aliphatic rings. The third-order valence-corrected chi connectivity index (χ3v) is 5.46. The molecule has 0 unspecified atom stereocenters. The van der Waals surface area contributed by atoms with Crippen molar-refractivity contribution < 1.29 is 19.1 Å². The fraction of sp³-hybridized carbons (Fsp3) is 0.458. The van der Waals surface area contributed by atoms with Gasteiger partial charge >= 0.3 is 6.09 Å². The highest BCUT2D eigenvalue weighted by Crippen LogP contribution is 2.32. The molecule has 0 atom stereocenters. The number of likely N-dealkylation sites (N-methyl/N-ethyl adjacent to an activating group) is 1. The Morgan fingerprint density at radius 2 is 2.00 bits per heavy atom. The first kappa shape index (κ1) is 24.2. The quantitative estimate of drug-likeness (QED) is 0.548. The molecule has 0 saturated carbocycles. The molecule has 0 aromatic carbocycles. The largest absolute Gasteiger partial charge is 0.470 e. The number of likely N-dealkylation sites (tertiary alicyclic amines) is 1. The van der Waals surface area contributed by atoms with E-state index < -0.39 is 5.60 Å². The summed E-state index contributed by atoms with van der Waals surface area (Å²) in [6, 6.07) is 5.57. The minimum atomic E-state index is -0.538. The molecule has 35 heavy (non-hydrogen) atoms. The zero-order chi connectivity index (χ0) is 25.2. The Hall–Kier alpha value is -3.89. The van der Waals surface area contributed by atoms with Crippen LogP contribution in [0, 0.1) is 0 Å². The van der Waals surface area contributed by atoms with Crippen LogP contribution in [0.15, 0.2) is 36.8 Å². The second-order valence-corrected chi connectivity index (χ2v) is 9.49. The number of pyridine rings is 1. The molecule has 2 amide bonds. The molecule has 0 radical (unpaired) electrons. The zero-order valence-corrected chi connectivity index (χ0v) is 20.7. The van der Waals surface area contributed by atoms with Crippen molar-refractivity contribution in [3.8, 4) is 17.0 Å². The van der Waals surface area contributed by atoms with Gasteiger partial charge in [0, 0.05) is 45.0 Å². The number of amides is 2. The molecule has 186 valence electrons. The van der Waals surface area contributed by atoms with Gasteiger partial charge in [-0.05, 0) is 39.0 Å². The number of nitrogens with one attached hydrogen (secondary N) is 1. The lowest BCUT2D eigenvalue weighted by Crippen LogP contribution is -2.55. The molecule has 1 aliphatic heterocycles. The van der Waals surface area contributed by atoms with Crippen LogP contribution in [0.4, 0.5) is 10.6 Å². The van der Waals surface area contributed by atoms with Crippen LogP contribution in [-0.2, 0) is 9.53 Å². The summed E-state index contributed by atoms with van der Waals surface area (Å²) >= 11 is 0. The van der Waals surface area contributed by atoms with Crippen LogP contribution in [-0.4, -0.2) is 86.3 Å². The van der Waals surface area contributed by atoms with Crippen LogP contribution < -0.4 is 10.1 Å². The van der Waals surface area contributed by atoms with Crippen molar-refractivity contribution >= 4 is 23.5 Å². The summed E-state index contributed by atoms with van der Waals surface area (Å²) in [7, 11) is 1.70. The molecule has 3 aromatic heterocycles. The van der Waals surface area contributed by atoms with E-state index in [2.05, 4.69) is 15.4 Å². The van der Waals surface area contributed by atoms with Crippen LogP contribution in [0.5, 0.6) is 5.88 Å². The van der Waals surface area contributed by atoms with E-state index in [1.165, 1.54) is 4.90 Å². The molecule has 11 heteroatoms. The summed E-state index contributed by atoms with van der Waals surface area (Å²) < 4.78 is 13.1. The topological polar surface area (TPSA) is 114 Å². The highest BCUT2D eigenvalue weighted by atomic mass is 16.6. The van der Waals surface area contributed by atoms with E-state index in [0.717, 1.165) is 11.1 Å². The molecule has 1 saturated heterocycles. The second kappa shape index (κ2) is 9.77. The van der Waals surface area contributed by atoms with E-state index in [9.17, 15) is 9.59 Å². The van der Waals surface area contributed by atoms with E-state index in [1.807, 2.05) is 45.2 Å². The van der Waals surface area contributed by atoms with Gasteiger partial charge in [-0.1, -0.05) is 0 Å². The second-order valence-electron chi connectivity index (χ2n) is 9.49. The molecule has 1 N–H and O–H groups in total. The van der Waals surface area contributed by atoms with Crippen LogP contribution in [0.25, 0.3) is 16.8 Å². The number of fused-ring (bicyclic) bond motifs is 1. The summed E-state index contributed by atoms with van der Waals surface area (Å²) in [5, 5.41) is 7.66. The standard InChI is InChI=1S/C24H31N7O4/c1-16(32)30-14-17(15-30)34-22-18(7-6-9-26-22)19-13-27-31-11-8-20(28-21(19)31)25-10-12-29(5)23(33)35-24(2,3)4/h6-9,11,13,17H,10,12,14-15H2,1-5H3,(H,25,28). The predicted molar refractivity (Wildman–Crippen MR) is 130 cm³/mol. The summed E-state index contributed by atoms with van der Waals surface area (Å²) in [6.07, 6.45) is 4.76. The molecule has 0 aliphatic carbocycles. The van der Waals surface area contributed by atoms with Crippen LogP contribution in [0.1, 0.15) is 27.7 Å². The first-order valence-electron chi connectivity index (χ1n) is 11.5. The van der Waals surface area contributed by atoms with Crippen molar-refractivity contribution in [2.75, 3.05) is 38.5 Å². The highest BCUT2D eigenvalue weighted by molar-refractivity contribution is 5.80. The smallest absolute Gasteiger partial charge is 0.410 e. The Morgan fingerprint density at radius 3 is 2.71 bits per heavy atom. The Labute approximate surface area is 204 Å². The minimum absolute atomic E-state index is 0.0373. The van der Waals surface area contributed by atoms with E-state index in [4.69, 9.17) is 14.5 Å². The fourth-order valence-corrected chi connectivity index (χ4v) is 3.56.